The van der Waals surface area contributed by atoms with Gasteiger partial charge in [0.2, 0.25) is 0 Å². The van der Waals surface area contributed by atoms with E-state index in [2.05, 4.69) is 54.4 Å². The number of quaternary nitrogens is 1. The third kappa shape index (κ3) is 4.96. The van der Waals surface area contributed by atoms with Crippen molar-refractivity contribution in [2.45, 2.75) is 20.4 Å². The number of rotatable bonds is 4. The second-order valence-electron chi connectivity index (χ2n) is 7.07. The highest BCUT2D eigenvalue weighted by atomic mass is 32.1. The predicted molar refractivity (Wildman–Crippen MR) is 111 cm³/mol. The van der Waals surface area contributed by atoms with Crippen LogP contribution in [0.2, 0.25) is 0 Å². The Morgan fingerprint density at radius 2 is 1.69 bits per heavy atom. The van der Waals surface area contributed by atoms with E-state index in [1.54, 1.807) is 12.0 Å². The highest BCUT2D eigenvalue weighted by molar-refractivity contribution is 7.80. The minimum atomic E-state index is 0.832. The number of aryl methyl sites for hydroxylation is 2. The Bertz CT molecular complexity index is 732. The molecule has 1 aliphatic heterocycles. The maximum absolute atomic E-state index is 5.63. The zero-order valence-corrected chi connectivity index (χ0v) is 16.7. The van der Waals surface area contributed by atoms with Gasteiger partial charge in [-0.15, -0.1) is 0 Å². The van der Waals surface area contributed by atoms with E-state index in [1.165, 1.54) is 16.7 Å². The van der Waals surface area contributed by atoms with Crippen LogP contribution in [0.4, 0.5) is 5.69 Å². The van der Waals surface area contributed by atoms with Gasteiger partial charge >= 0.3 is 0 Å². The Kier molecular flexibility index (Phi) is 6.12. The molecule has 1 fully saturated rings. The summed E-state index contributed by atoms with van der Waals surface area (Å²) in [6, 6.07) is 14.8. The summed E-state index contributed by atoms with van der Waals surface area (Å²) in [6.45, 7) is 9.45. The minimum Gasteiger partial charge on any atom is -0.497 e. The van der Waals surface area contributed by atoms with Crippen molar-refractivity contribution >= 4 is 23.0 Å². The standard InChI is InChI=1S/C21H27N3OS/c1-16-12-17(2)14-19(13-16)22-21(26)24-10-8-23(9-11-24)15-18-4-6-20(25-3)7-5-18/h4-7,12-14H,8-11,15H2,1-3H3,(H,22,26)/p+1. The molecule has 1 heterocycles. The fraction of sp³-hybridized carbons (Fsp3) is 0.381. The highest BCUT2D eigenvalue weighted by Crippen LogP contribution is 2.14. The van der Waals surface area contributed by atoms with Gasteiger partial charge in [0, 0.05) is 11.3 Å². The molecule has 2 aromatic carbocycles. The molecule has 4 nitrogen and oxygen atoms in total. The monoisotopic (exact) mass is 370 g/mol. The lowest BCUT2D eigenvalue weighted by Crippen LogP contribution is -3.13. The van der Waals surface area contributed by atoms with Crippen molar-refractivity contribution < 1.29 is 9.64 Å². The van der Waals surface area contributed by atoms with Crippen molar-refractivity contribution in [2.24, 2.45) is 0 Å². The fourth-order valence-corrected chi connectivity index (χ4v) is 3.78. The first-order valence-corrected chi connectivity index (χ1v) is 9.55. The minimum absolute atomic E-state index is 0.832. The van der Waals surface area contributed by atoms with Crippen LogP contribution in [0.5, 0.6) is 5.75 Å². The summed E-state index contributed by atoms with van der Waals surface area (Å²) in [5.74, 6) is 0.913. The lowest BCUT2D eigenvalue weighted by molar-refractivity contribution is -0.917. The van der Waals surface area contributed by atoms with Crippen LogP contribution in [-0.2, 0) is 6.54 Å². The third-order valence-electron chi connectivity index (χ3n) is 4.84. The highest BCUT2D eigenvalue weighted by Gasteiger charge is 2.22. The van der Waals surface area contributed by atoms with Crippen LogP contribution in [0, 0.1) is 13.8 Å². The van der Waals surface area contributed by atoms with Crippen LogP contribution >= 0.6 is 12.2 Å². The van der Waals surface area contributed by atoms with Crippen molar-refractivity contribution in [2.75, 3.05) is 38.6 Å². The number of methoxy groups -OCH3 is 1. The quantitative estimate of drug-likeness (QED) is 0.809. The van der Waals surface area contributed by atoms with Crippen molar-refractivity contribution in [3.8, 4) is 5.75 Å². The number of anilines is 1. The molecule has 2 N–H and O–H groups in total. The number of thiocarbonyl (C=S) groups is 1. The van der Waals surface area contributed by atoms with Crippen molar-refractivity contribution in [3.05, 3.63) is 59.2 Å². The summed E-state index contributed by atoms with van der Waals surface area (Å²) in [6.07, 6.45) is 0. The van der Waals surface area contributed by atoms with Crippen molar-refractivity contribution in [3.63, 3.8) is 0 Å². The Morgan fingerprint density at radius 3 is 2.27 bits per heavy atom. The molecule has 0 atom stereocenters. The SMILES string of the molecule is COc1ccc(C[NH+]2CCN(C(=S)Nc3cc(C)cc(C)c3)CC2)cc1. The molecule has 2 aromatic rings. The molecule has 26 heavy (non-hydrogen) atoms. The molecular formula is C21H28N3OS+. The molecule has 0 saturated carbocycles. The van der Waals surface area contributed by atoms with E-state index in [-0.39, 0.29) is 0 Å². The van der Waals surface area contributed by atoms with Gasteiger partial charge in [0.1, 0.15) is 12.3 Å². The lowest BCUT2D eigenvalue weighted by atomic mass is 10.1. The Labute approximate surface area is 161 Å². The average Bonchev–Trinajstić information content (AvgIpc) is 2.62. The Balaban J connectivity index is 1.50. The molecule has 138 valence electrons. The van der Waals surface area contributed by atoms with Crippen LogP contribution in [0.25, 0.3) is 0 Å². The third-order valence-corrected chi connectivity index (χ3v) is 5.20. The Morgan fingerprint density at radius 1 is 1.08 bits per heavy atom. The number of ether oxygens (including phenoxy) is 1. The van der Waals surface area contributed by atoms with E-state index in [0.717, 1.165) is 49.3 Å². The van der Waals surface area contributed by atoms with Crippen LogP contribution in [0.15, 0.2) is 42.5 Å². The van der Waals surface area contributed by atoms with Gasteiger partial charge in [-0.25, -0.2) is 0 Å². The van der Waals surface area contributed by atoms with Gasteiger partial charge in [-0.3, -0.25) is 0 Å². The van der Waals surface area contributed by atoms with Crippen LogP contribution in [-0.4, -0.2) is 43.3 Å². The molecular weight excluding hydrogens is 342 g/mol. The van der Waals surface area contributed by atoms with Gasteiger partial charge in [0.25, 0.3) is 0 Å². The van der Waals surface area contributed by atoms with E-state index in [1.807, 2.05) is 12.1 Å². The number of piperazine rings is 1. The van der Waals surface area contributed by atoms with E-state index in [9.17, 15) is 0 Å². The molecule has 0 aromatic heterocycles. The number of hydrogen-bond acceptors (Lipinski definition) is 2. The molecule has 0 spiro atoms. The van der Waals surface area contributed by atoms with Crippen LogP contribution in [0.1, 0.15) is 16.7 Å². The Hall–Kier alpha value is -2.11. The first-order chi connectivity index (χ1) is 12.5. The molecule has 3 rings (SSSR count). The van der Waals surface area contributed by atoms with Gasteiger partial charge < -0.3 is 19.9 Å². The fourth-order valence-electron chi connectivity index (χ4n) is 3.48. The van der Waals surface area contributed by atoms with Crippen LogP contribution < -0.4 is 15.0 Å². The lowest BCUT2D eigenvalue weighted by Gasteiger charge is -2.34. The average molecular weight is 371 g/mol. The van der Waals surface area contributed by atoms with E-state index in [4.69, 9.17) is 17.0 Å². The molecule has 5 heteroatoms. The predicted octanol–water partition coefficient (Wildman–Crippen LogP) is 2.41. The maximum Gasteiger partial charge on any atom is 0.173 e. The van der Waals surface area contributed by atoms with Gasteiger partial charge in [-0.2, -0.15) is 0 Å². The summed E-state index contributed by atoms with van der Waals surface area (Å²) in [5.41, 5.74) is 4.94. The molecule has 0 amide bonds. The molecule has 0 unspecified atom stereocenters. The summed E-state index contributed by atoms with van der Waals surface area (Å²) in [7, 11) is 1.70. The van der Waals surface area contributed by atoms with Crippen molar-refractivity contribution in [1.29, 1.82) is 0 Å². The summed E-state index contributed by atoms with van der Waals surface area (Å²) in [5, 5.41) is 4.24. The van der Waals surface area contributed by atoms with E-state index in [0.29, 0.717) is 0 Å². The number of benzene rings is 2. The first kappa shape index (κ1) is 18.7. The van der Waals surface area contributed by atoms with E-state index < -0.39 is 0 Å². The van der Waals surface area contributed by atoms with Crippen LogP contribution in [0.3, 0.4) is 0 Å². The molecule has 0 radical (unpaired) electrons. The molecule has 1 saturated heterocycles. The zero-order valence-electron chi connectivity index (χ0n) is 15.8. The number of nitrogens with one attached hydrogen (secondary N) is 2. The van der Waals surface area contributed by atoms with Crippen molar-refractivity contribution in [1.82, 2.24) is 4.90 Å². The molecule has 0 aliphatic carbocycles. The second-order valence-corrected chi connectivity index (χ2v) is 7.46. The number of nitrogens with zero attached hydrogens (tertiary/aromatic N) is 1. The zero-order chi connectivity index (χ0) is 18.5. The molecule has 0 bridgehead atoms. The van der Waals surface area contributed by atoms with Gasteiger partial charge in [0.05, 0.1) is 33.3 Å². The smallest absolute Gasteiger partial charge is 0.173 e. The number of hydrogen-bond donors (Lipinski definition) is 2. The summed E-state index contributed by atoms with van der Waals surface area (Å²) in [4.78, 5) is 3.88. The van der Waals surface area contributed by atoms with Gasteiger partial charge in [0.15, 0.2) is 5.11 Å². The second kappa shape index (κ2) is 8.52. The normalized spacial score (nSPS) is 15.0. The topological polar surface area (TPSA) is 28.9 Å². The van der Waals surface area contributed by atoms with Gasteiger partial charge in [-0.1, -0.05) is 6.07 Å². The van der Waals surface area contributed by atoms with E-state index >= 15 is 0 Å². The summed E-state index contributed by atoms with van der Waals surface area (Å²) < 4.78 is 5.23. The van der Waals surface area contributed by atoms with Gasteiger partial charge in [-0.05, 0) is 73.6 Å². The maximum atomic E-state index is 5.63. The summed E-state index contributed by atoms with van der Waals surface area (Å²) >= 11 is 5.63. The largest absolute Gasteiger partial charge is 0.497 e. The first-order valence-electron chi connectivity index (χ1n) is 9.14. The molecule has 1 aliphatic rings.